The summed E-state index contributed by atoms with van der Waals surface area (Å²) in [5.41, 5.74) is 1.20. The van der Waals surface area contributed by atoms with E-state index in [2.05, 4.69) is 20.3 Å². The molecule has 0 bridgehead atoms. The zero-order chi connectivity index (χ0) is 15.9. The minimum Gasteiger partial charge on any atom is -0.469 e. The van der Waals surface area contributed by atoms with Gasteiger partial charge < -0.3 is 15.0 Å². The minimum atomic E-state index is -0.0980. The Kier molecular flexibility index (Phi) is 5.80. The number of guanidine groups is 1. The van der Waals surface area contributed by atoms with E-state index in [1.807, 2.05) is 24.1 Å². The highest BCUT2D eigenvalue weighted by Gasteiger charge is 2.26. The summed E-state index contributed by atoms with van der Waals surface area (Å²) < 4.78 is 6.62. The molecule has 7 heteroatoms. The smallest absolute Gasteiger partial charge is 0.308 e. The molecule has 0 atom stereocenters. The van der Waals surface area contributed by atoms with Crippen molar-refractivity contribution in [3.8, 4) is 0 Å². The molecular formula is C15H25N5O2. The number of carbonyl (C=O) groups is 1. The van der Waals surface area contributed by atoms with E-state index in [9.17, 15) is 4.79 Å². The molecule has 0 radical (unpaired) electrons. The highest BCUT2D eigenvalue weighted by atomic mass is 16.5. The first-order chi connectivity index (χ1) is 10.6. The van der Waals surface area contributed by atoms with Crippen molar-refractivity contribution in [1.82, 2.24) is 20.0 Å². The first-order valence-corrected chi connectivity index (χ1v) is 7.65. The second kappa shape index (κ2) is 7.82. The van der Waals surface area contributed by atoms with Gasteiger partial charge in [-0.3, -0.25) is 14.5 Å². The number of rotatable bonds is 4. The van der Waals surface area contributed by atoms with Crippen molar-refractivity contribution in [2.24, 2.45) is 18.0 Å². The van der Waals surface area contributed by atoms with Crippen LogP contribution in [0.5, 0.6) is 0 Å². The van der Waals surface area contributed by atoms with Crippen LogP contribution in [0.25, 0.3) is 0 Å². The zero-order valence-electron chi connectivity index (χ0n) is 13.6. The third-order valence-corrected chi connectivity index (χ3v) is 4.00. The maximum absolute atomic E-state index is 11.5. The summed E-state index contributed by atoms with van der Waals surface area (Å²) in [5.74, 6) is 0.820. The molecule has 0 saturated carbocycles. The average Bonchev–Trinajstić information content (AvgIpc) is 2.96. The van der Waals surface area contributed by atoms with Crippen LogP contribution >= 0.6 is 0 Å². The fraction of sp³-hybridized carbons (Fsp3) is 0.667. The molecule has 0 unspecified atom stereocenters. The lowest BCUT2D eigenvalue weighted by atomic mass is 9.97. The standard InChI is InChI=1S/C15H25N5O2/c1-16-15(17-7-4-12-10-18-19(2)11-12)20-8-5-13(6-9-20)14(21)22-3/h10-11,13H,4-9H2,1-3H3,(H,16,17). The number of likely N-dealkylation sites (tertiary alicyclic amines) is 1. The third-order valence-electron chi connectivity index (χ3n) is 4.00. The van der Waals surface area contributed by atoms with Crippen molar-refractivity contribution in [2.45, 2.75) is 19.3 Å². The quantitative estimate of drug-likeness (QED) is 0.496. The van der Waals surface area contributed by atoms with Gasteiger partial charge in [-0.1, -0.05) is 0 Å². The molecule has 22 heavy (non-hydrogen) atoms. The Labute approximate surface area is 131 Å². The molecule has 0 aromatic carbocycles. The van der Waals surface area contributed by atoms with E-state index in [-0.39, 0.29) is 11.9 Å². The molecule has 1 saturated heterocycles. The van der Waals surface area contributed by atoms with E-state index in [0.29, 0.717) is 0 Å². The van der Waals surface area contributed by atoms with E-state index in [0.717, 1.165) is 44.9 Å². The Morgan fingerprint density at radius 2 is 2.23 bits per heavy atom. The second-order valence-electron chi connectivity index (χ2n) is 5.53. The maximum Gasteiger partial charge on any atom is 0.308 e. The molecule has 2 rings (SSSR count). The topological polar surface area (TPSA) is 71.8 Å². The van der Waals surface area contributed by atoms with Crippen LogP contribution in [0.15, 0.2) is 17.4 Å². The molecule has 0 aliphatic carbocycles. The van der Waals surface area contributed by atoms with Crippen LogP contribution in [0.4, 0.5) is 0 Å². The van der Waals surface area contributed by atoms with Crippen molar-refractivity contribution < 1.29 is 9.53 Å². The lowest BCUT2D eigenvalue weighted by Crippen LogP contribution is -2.47. The lowest BCUT2D eigenvalue weighted by molar-refractivity contribution is -0.146. The normalized spacial score (nSPS) is 16.7. The van der Waals surface area contributed by atoms with Crippen LogP contribution in [0.2, 0.25) is 0 Å². The Morgan fingerprint density at radius 1 is 1.50 bits per heavy atom. The number of nitrogens with zero attached hydrogens (tertiary/aromatic N) is 4. The predicted molar refractivity (Wildman–Crippen MR) is 84.6 cm³/mol. The fourth-order valence-corrected chi connectivity index (χ4v) is 2.75. The van der Waals surface area contributed by atoms with Crippen LogP contribution in [0.1, 0.15) is 18.4 Å². The monoisotopic (exact) mass is 307 g/mol. The minimum absolute atomic E-state index is 0.0229. The number of nitrogens with one attached hydrogen (secondary N) is 1. The molecule has 1 fully saturated rings. The van der Waals surface area contributed by atoms with E-state index in [1.54, 1.807) is 7.05 Å². The summed E-state index contributed by atoms with van der Waals surface area (Å²) in [6.45, 7) is 2.47. The average molecular weight is 307 g/mol. The highest BCUT2D eigenvalue weighted by Crippen LogP contribution is 2.18. The van der Waals surface area contributed by atoms with Crippen molar-refractivity contribution in [3.63, 3.8) is 0 Å². The number of ether oxygens (including phenoxy) is 1. The molecule has 1 aromatic rings. The summed E-state index contributed by atoms with van der Waals surface area (Å²) >= 11 is 0. The van der Waals surface area contributed by atoms with Gasteiger partial charge in [0.05, 0.1) is 19.2 Å². The molecule has 1 aromatic heterocycles. The molecule has 0 spiro atoms. The fourth-order valence-electron chi connectivity index (χ4n) is 2.75. The Hall–Kier alpha value is -2.05. The van der Waals surface area contributed by atoms with Gasteiger partial charge in [0.2, 0.25) is 0 Å². The summed E-state index contributed by atoms with van der Waals surface area (Å²) in [6, 6.07) is 0. The van der Waals surface area contributed by atoms with Gasteiger partial charge in [-0.05, 0) is 24.8 Å². The van der Waals surface area contributed by atoms with Crippen molar-refractivity contribution >= 4 is 11.9 Å². The number of aryl methyl sites for hydroxylation is 1. The number of piperidine rings is 1. The maximum atomic E-state index is 11.5. The Bertz CT molecular complexity index is 518. The third kappa shape index (κ3) is 4.22. The second-order valence-corrected chi connectivity index (χ2v) is 5.53. The number of methoxy groups -OCH3 is 1. The van der Waals surface area contributed by atoms with Crippen LogP contribution in [-0.2, 0) is 23.0 Å². The van der Waals surface area contributed by atoms with E-state index >= 15 is 0 Å². The summed E-state index contributed by atoms with van der Waals surface area (Å²) in [7, 11) is 5.16. The number of carbonyl (C=O) groups excluding carboxylic acids is 1. The molecule has 0 amide bonds. The van der Waals surface area contributed by atoms with Crippen LogP contribution in [0.3, 0.4) is 0 Å². The molecule has 7 nitrogen and oxygen atoms in total. The molecule has 1 aliphatic heterocycles. The molecular weight excluding hydrogens is 282 g/mol. The summed E-state index contributed by atoms with van der Waals surface area (Å²) in [5, 5.41) is 7.54. The predicted octanol–water partition coefficient (Wildman–Crippen LogP) is 0.423. The first-order valence-electron chi connectivity index (χ1n) is 7.65. The number of esters is 1. The number of aliphatic imine (C=N–C) groups is 1. The van der Waals surface area contributed by atoms with Gasteiger partial charge in [0, 0.05) is 39.9 Å². The number of hydrogen-bond acceptors (Lipinski definition) is 4. The zero-order valence-corrected chi connectivity index (χ0v) is 13.6. The van der Waals surface area contributed by atoms with E-state index in [1.165, 1.54) is 12.7 Å². The number of aromatic nitrogens is 2. The van der Waals surface area contributed by atoms with Gasteiger partial charge in [0.15, 0.2) is 5.96 Å². The Balaban J connectivity index is 1.77. The van der Waals surface area contributed by atoms with Gasteiger partial charge in [-0.25, -0.2) is 0 Å². The molecule has 122 valence electrons. The van der Waals surface area contributed by atoms with Gasteiger partial charge in [-0.15, -0.1) is 0 Å². The Morgan fingerprint density at radius 3 is 2.77 bits per heavy atom. The van der Waals surface area contributed by atoms with Crippen LogP contribution in [0, 0.1) is 5.92 Å². The van der Waals surface area contributed by atoms with E-state index in [4.69, 9.17) is 4.74 Å². The van der Waals surface area contributed by atoms with Gasteiger partial charge >= 0.3 is 5.97 Å². The summed E-state index contributed by atoms with van der Waals surface area (Å²) in [6.07, 6.45) is 6.44. The highest BCUT2D eigenvalue weighted by molar-refractivity contribution is 5.80. The van der Waals surface area contributed by atoms with Crippen molar-refractivity contribution in [2.75, 3.05) is 33.8 Å². The van der Waals surface area contributed by atoms with Crippen molar-refractivity contribution in [3.05, 3.63) is 18.0 Å². The van der Waals surface area contributed by atoms with Crippen LogP contribution < -0.4 is 5.32 Å². The lowest BCUT2D eigenvalue weighted by Gasteiger charge is -2.33. The molecule has 1 aliphatic rings. The van der Waals surface area contributed by atoms with E-state index < -0.39 is 0 Å². The van der Waals surface area contributed by atoms with Crippen LogP contribution in [-0.4, -0.2) is 60.4 Å². The largest absolute Gasteiger partial charge is 0.469 e. The van der Waals surface area contributed by atoms with Gasteiger partial charge in [0.1, 0.15) is 0 Å². The summed E-state index contributed by atoms with van der Waals surface area (Å²) in [4.78, 5) is 18.1. The molecule has 1 N–H and O–H groups in total. The van der Waals surface area contributed by atoms with Crippen molar-refractivity contribution in [1.29, 1.82) is 0 Å². The number of hydrogen-bond donors (Lipinski definition) is 1. The first kappa shape index (κ1) is 16.3. The van der Waals surface area contributed by atoms with Gasteiger partial charge in [0.25, 0.3) is 0 Å². The van der Waals surface area contributed by atoms with Gasteiger partial charge in [-0.2, -0.15) is 5.10 Å². The molecule has 2 heterocycles. The SMILES string of the molecule is CN=C(NCCc1cnn(C)c1)N1CCC(C(=O)OC)CC1.